The third kappa shape index (κ3) is 5.26. The molecule has 0 saturated carbocycles. The summed E-state index contributed by atoms with van der Waals surface area (Å²) in [5.41, 5.74) is 0. The summed E-state index contributed by atoms with van der Waals surface area (Å²) >= 11 is 1.78. The highest BCUT2D eigenvalue weighted by atomic mass is 32.2. The van der Waals surface area contributed by atoms with Gasteiger partial charge < -0.3 is 10.6 Å². The van der Waals surface area contributed by atoms with E-state index in [-0.39, 0.29) is 34.6 Å². The molecule has 5 nitrogen and oxygen atoms in total. The maximum Gasteiger partial charge on any atom is 0.221 e. The predicted octanol–water partition coefficient (Wildman–Crippen LogP) is 0.801. The van der Waals surface area contributed by atoms with E-state index < -0.39 is 9.84 Å². The van der Waals surface area contributed by atoms with Crippen LogP contribution in [0.3, 0.4) is 0 Å². The Kier molecular flexibility index (Phi) is 6.81. The van der Waals surface area contributed by atoms with E-state index >= 15 is 0 Å². The van der Waals surface area contributed by atoms with Crippen molar-refractivity contribution in [1.29, 1.82) is 0 Å². The van der Waals surface area contributed by atoms with Crippen LogP contribution in [0.1, 0.15) is 33.1 Å². The van der Waals surface area contributed by atoms with Crippen LogP contribution in [0, 0.1) is 0 Å². The molecule has 1 amide bonds. The molecule has 0 aromatic rings. The fraction of sp³-hybridized carbons (Fsp3) is 0.923. The summed E-state index contributed by atoms with van der Waals surface area (Å²) in [4.78, 5) is 12.0. The van der Waals surface area contributed by atoms with Gasteiger partial charge in [0.25, 0.3) is 0 Å². The van der Waals surface area contributed by atoms with Gasteiger partial charge in [0.15, 0.2) is 9.84 Å². The molecule has 0 aliphatic carbocycles. The Bertz CT molecular complexity index is 411. The number of hydrogen-bond acceptors (Lipinski definition) is 5. The zero-order chi connectivity index (χ0) is 15.2. The van der Waals surface area contributed by atoms with Gasteiger partial charge in [-0.3, -0.25) is 4.79 Å². The van der Waals surface area contributed by atoms with Gasteiger partial charge in [0.05, 0.1) is 11.5 Å². The first-order valence-corrected chi connectivity index (χ1v) is 10.2. The van der Waals surface area contributed by atoms with Gasteiger partial charge in [-0.1, -0.05) is 13.8 Å². The van der Waals surface area contributed by atoms with Gasteiger partial charge in [0, 0.05) is 30.3 Å². The summed E-state index contributed by atoms with van der Waals surface area (Å²) in [6.45, 7) is 5.33. The third-order valence-electron chi connectivity index (χ3n) is 4.06. The number of nitrogens with one attached hydrogen (secondary N) is 2. The second-order valence-corrected chi connectivity index (χ2v) is 8.84. The second-order valence-electron chi connectivity index (χ2n) is 5.34. The number of amides is 1. The molecule has 1 aliphatic rings. The van der Waals surface area contributed by atoms with E-state index in [4.69, 9.17) is 0 Å². The van der Waals surface area contributed by atoms with Gasteiger partial charge in [-0.15, -0.1) is 0 Å². The molecule has 1 fully saturated rings. The number of rotatable bonds is 7. The van der Waals surface area contributed by atoms with Gasteiger partial charge in [-0.25, -0.2) is 8.42 Å². The molecule has 7 heteroatoms. The zero-order valence-corrected chi connectivity index (χ0v) is 14.2. The van der Waals surface area contributed by atoms with Crippen molar-refractivity contribution < 1.29 is 13.2 Å². The van der Waals surface area contributed by atoms with Crippen molar-refractivity contribution in [3.63, 3.8) is 0 Å². The third-order valence-corrected chi connectivity index (χ3v) is 7.39. The lowest BCUT2D eigenvalue weighted by Gasteiger charge is -2.30. The van der Waals surface area contributed by atoms with Crippen LogP contribution in [0.25, 0.3) is 0 Å². The monoisotopic (exact) mass is 322 g/mol. The molecule has 1 rings (SSSR count). The minimum absolute atomic E-state index is 0.0651. The molecule has 2 N–H and O–H groups in total. The number of sulfone groups is 1. The Labute approximate surface area is 126 Å². The average molecular weight is 322 g/mol. The topological polar surface area (TPSA) is 75.3 Å². The second kappa shape index (κ2) is 7.66. The minimum Gasteiger partial charge on any atom is -0.355 e. The summed E-state index contributed by atoms with van der Waals surface area (Å²) in [7, 11) is -2.98. The fourth-order valence-electron chi connectivity index (χ4n) is 2.41. The van der Waals surface area contributed by atoms with Crippen molar-refractivity contribution >= 4 is 27.5 Å². The predicted molar refractivity (Wildman–Crippen MR) is 84.9 cm³/mol. The highest BCUT2D eigenvalue weighted by Gasteiger charge is 2.28. The molecule has 0 bridgehead atoms. The number of carbonyl (C=O) groups is 1. The number of hydrogen-bond donors (Lipinski definition) is 2. The van der Waals surface area contributed by atoms with Crippen molar-refractivity contribution in [2.24, 2.45) is 0 Å². The highest BCUT2D eigenvalue weighted by molar-refractivity contribution is 8.00. The maximum absolute atomic E-state index is 12.0. The summed E-state index contributed by atoms with van der Waals surface area (Å²) in [6, 6.07) is -0.249. The van der Waals surface area contributed by atoms with Crippen LogP contribution in [-0.4, -0.2) is 56.0 Å². The Morgan fingerprint density at radius 2 is 2.05 bits per heavy atom. The van der Waals surface area contributed by atoms with Crippen LogP contribution in [0.5, 0.6) is 0 Å². The summed E-state index contributed by atoms with van der Waals surface area (Å²) in [6.07, 6.45) is 4.30. The van der Waals surface area contributed by atoms with E-state index in [2.05, 4.69) is 30.7 Å². The molecule has 0 radical (unpaired) electrons. The Morgan fingerprint density at radius 3 is 2.55 bits per heavy atom. The molecular weight excluding hydrogens is 296 g/mol. The van der Waals surface area contributed by atoms with Crippen LogP contribution in [0.2, 0.25) is 0 Å². The van der Waals surface area contributed by atoms with Gasteiger partial charge in [-0.2, -0.15) is 11.8 Å². The molecule has 0 spiro atoms. The quantitative estimate of drug-likeness (QED) is 0.725. The standard InChI is InChI=1S/C13H26N2O3S2/c1-4-13(5-2,19-3)10-15-12(16)8-11-9-20(17,18)7-6-14-11/h11,14H,4-10H2,1-3H3,(H,15,16). The molecule has 1 aliphatic heterocycles. The van der Waals surface area contributed by atoms with E-state index in [1.165, 1.54) is 0 Å². The molecule has 1 saturated heterocycles. The van der Waals surface area contributed by atoms with E-state index in [1.807, 2.05) is 0 Å². The van der Waals surface area contributed by atoms with Crippen molar-refractivity contribution in [3.8, 4) is 0 Å². The molecule has 1 heterocycles. The summed E-state index contributed by atoms with van der Waals surface area (Å²) in [5.74, 6) is 0.169. The normalized spacial score (nSPS) is 22.4. The first-order valence-electron chi connectivity index (χ1n) is 7.12. The molecule has 20 heavy (non-hydrogen) atoms. The van der Waals surface area contributed by atoms with Crippen molar-refractivity contribution in [2.45, 2.75) is 43.9 Å². The number of thioether (sulfide) groups is 1. The van der Waals surface area contributed by atoms with Crippen LogP contribution >= 0.6 is 11.8 Å². The van der Waals surface area contributed by atoms with Crippen molar-refractivity contribution in [2.75, 3.05) is 30.9 Å². The maximum atomic E-state index is 12.0. The largest absolute Gasteiger partial charge is 0.355 e. The lowest BCUT2D eigenvalue weighted by molar-refractivity contribution is -0.121. The Morgan fingerprint density at radius 1 is 1.40 bits per heavy atom. The molecular formula is C13H26N2O3S2. The van der Waals surface area contributed by atoms with Crippen LogP contribution in [0.15, 0.2) is 0 Å². The smallest absolute Gasteiger partial charge is 0.221 e. The van der Waals surface area contributed by atoms with E-state index in [0.29, 0.717) is 13.1 Å². The lowest BCUT2D eigenvalue weighted by Crippen LogP contribution is -2.48. The van der Waals surface area contributed by atoms with Gasteiger partial charge >= 0.3 is 0 Å². The first kappa shape index (κ1) is 17.8. The van der Waals surface area contributed by atoms with E-state index in [9.17, 15) is 13.2 Å². The number of carbonyl (C=O) groups excluding carboxylic acids is 1. The van der Waals surface area contributed by atoms with E-state index in [0.717, 1.165) is 12.8 Å². The Hall–Kier alpha value is -0.270. The summed E-state index contributed by atoms with van der Waals surface area (Å²) in [5, 5.41) is 6.06. The average Bonchev–Trinajstić information content (AvgIpc) is 2.40. The fourth-order valence-corrected chi connectivity index (χ4v) is 4.65. The molecule has 1 atom stereocenters. The minimum atomic E-state index is -2.98. The molecule has 1 unspecified atom stereocenters. The first-order chi connectivity index (χ1) is 9.36. The van der Waals surface area contributed by atoms with Gasteiger partial charge in [0.2, 0.25) is 5.91 Å². The SMILES string of the molecule is CCC(CC)(CNC(=O)CC1CS(=O)(=O)CCN1)SC. The van der Waals surface area contributed by atoms with Crippen LogP contribution in [0.4, 0.5) is 0 Å². The highest BCUT2D eigenvalue weighted by Crippen LogP contribution is 2.29. The van der Waals surface area contributed by atoms with Gasteiger partial charge in [0.1, 0.15) is 0 Å². The Balaban J connectivity index is 2.44. The van der Waals surface area contributed by atoms with Crippen LogP contribution < -0.4 is 10.6 Å². The lowest BCUT2D eigenvalue weighted by atomic mass is 10.0. The van der Waals surface area contributed by atoms with Crippen molar-refractivity contribution in [3.05, 3.63) is 0 Å². The molecule has 0 aromatic carbocycles. The molecule has 118 valence electrons. The van der Waals surface area contributed by atoms with Crippen LogP contribution in [-0.2, 0) is 14.6 Å². The zero-order valence-electron chi connectivity index (χ0n) is 12.6. The molecule has 0 aromatic heterocycles. The van der Waals surface area contributed by atoms with Gasteiger partial charge in [-0.05, 0) is 19.1 Å². The van der Waals surface area contributed by atoms with Crippen molar-refractivity contribution in [1.82, 2.24) is 10.6 Å². The van der Waals surface area contributed by atoms with E-state index in [1.54, 1.807) is 11.8 Å². The summed E-state index contributed by atoms with van der Waals surface area (Å²) < 4.78 is 23.1.